The summed E-state index contributed by atoms with van der Waals surface area (Å²) in [5, 5.41) is 19.3. The van der Waals surface area contributed by atoms with Gasteiger partial charge in [0, 0.05) is 17.2 Å². The molecule has 0 saturated carbocycles. The van der Waals surface area contributed by atoms with Crippen LogP contribution in [0, 0.1) is 17.5 Å². The monoisotopic (exact) mass is 492 g/mol. The Labute approximate surface area is 206 Å². The Morgan fingerprint density at radius 3 is 1.92 bits per heavy atom. The third kappa shape index (κ3) is 5.26. The molecular weight excluding hydrogens is 469 g/mol. The van der Waals surface area contributed by atoms with Crippen LogP contribution < -0.4 is 4.74 Å². The lowest BCUT2D eigenvalue weighted by atomic mass is 9.96. The molecule has 1 unspecified atom stereocenters. The third-order valence-electron chi connectivity index (χ3n) is 5.81. The number of hydrogen-bond acceptors (Lipinski definition) is 4. The summed E-state index contributed by atoms with van der Waals surface area (Å²) in [4.78, 5) is 12.3. The predicted octanol–water partition coefficient (Wildman–Crippen LogP) is 7.20. The number of benzene rings is 4. The van der Waals surface area contributed by atoms with Gasteiger partial charge in [0.15, 0.2) is 23.2 Å². The topological polar surface area (TPSA) is 66.8 Å². The van der Waals surface area contributed by atoms with Gasteiger partial charge in [-0.2, -0.15) is 0 Å². The molecule has 36 heavy (non-hydrogen) atoms. The molecule has 0 fully saturated rings. The summed E-state index contributed by atoms with van der Waals surface area (Å²) in [5.41, 5.74) is 1.78. The van der Waals surface area contributed by atoms with Gasteiger partial charge in [-0.3, -0.25) is 0 Å². The fourth-order valence-corrected chi connectivity index (χ4v) is 3.82. The molecule has 0 aromatic heterocycles. The number of aliphatic hydroxyl groups is 1. The summed E-state index contributed by atoms with van der Waals surface area (Å²) < 4.78 is 48.5. The van der Waals surface area contributed by atoms with Crippen LogP contribution in [0.3, 0.4) is 0 Å². The largest absolute Gasteiger partial charge is 0.505 e. The number of phenolic OH excluding ortho intramolecular Hbond substituents is 1. The number of halogens is 3. The standard InChI is InChI=1S/C29H23F3O4/c1-2-3-25(33)19-8-4-17(5-9-19)22-13-14-23(28(32)27(22)31)18-6-10-20(11-7-18)29(35)36-21-12-15-26(34)24(30)16-21/h4-16,25,33-34H,2-3H2,1H3. The van der Waals surface area contributed by atoms with Gasteiger partial charge in [0.2, 0.25) is 0 Å². The second-order valence-corrected chi connectivity index (χ2v) is 8.30. The molecule has 7 heteroatoms. The van der Waals surface area contributed by atoms with Gasteiger partial charge < -0.3 is 14.9 Å². The van der Waals surface area contributed by atoms with Crippen LogP contribution in [0.5, 0.6) is 11.5 Å². The minimum Gasteiger partial charge on any atom is -0.505 e. The van der Waals surface area contributed by atoms with E-state index >= 15 is 0 Å². The zero-order valence-electron chi connectivity index (χ0n) is 19.3. The number of aromatic hydroxyl groups is 1. The number of phenols is 1. The lowest BCUT2D eigenvalue weighted by molar-refractivity contribution is 0.0734. The average Bonchev–Trinajstić information content (AvgIpc) is 2.88. The van der Waals surface area contributed by atoms with Crippen molar-refractivity contribution >= 4 is 5.97 Å². The molecular formula is C29H23F3O4. The van der Waals surface area contributed by atoms with Crippen LogP contribution in [0.25, 0.3) is 22.3 Å². The first-order valence-electron chi connectivity index (χ1n) is 11.4. The van der Waals surface area contributed by atoms with E-state index in [4.69, 9.17) is 4.74 Å². The van der Waals surface area contributed by atoms with Crippen LogP contribution in [0.2, 0.25) is 0 Å². The Morgan fingerprint density at radius 1 is 0.833 bits per heavy atom. The molecule has 4 rings (SSSR count). The molecule has 0 saturated heterocycles. The van der Waals surface area contributed by atoms with Crippen molar-refractivity contribution in [1.29, 1.82) is 0 Å². The maximum atomic E-state index is 15.0. The minimum absolute atomic E-state index is 0.0201. The molecule has 184 valence electrons. The highest BCUT2D eigenvalue weighted by Gasteiger charge is 2.17. The molecule has 0 aliphatic rings. The first-order valence-corrected chi connectivity index (χ1v) is 11.4. The van der Waals surface area contributed by atoms with E-state index in [0.29, 0.717) is 23.1 Å². The van der Waals surface area contributed by atoms with Gasteiger partial charge in [-0.1, -0.05) is 61.9 Å². The molecule has 0 radical (unpaired) electrons. The van der Waals surface area contributed by atoms with Crippen LogP contribution >= 0.6 is 0 Å². The molecule has 0 bridgehead atoms. The SMILES string of the molecule is CCCC(O)c1ccc(-c2ccc(-c3ccc(C(=O)Oc4ccc(O)c(F)c4)cc3)c(F)c2F)cc1. The van der Waals surface area contributed by atoms with E-state index in [-0.39, 0.29) is 22.4 Å². The van der Waals surface area contributed by atoms with Gasteiger partial charge in [-0.25, -0.2) is 18.0 Å². The van der Waals surface area contributed by atoms with E-state index in [9.17, 15) is 28.2 Å². The molecule has 0 spiro atoms. The van der Waals surface area contributed by atoms with Gasteiger partial charge in [-0.05, 0) is 47.4 Å². The van der Waals surface area contributed by atoms with Crippen molar-refractivity contribution in [3.8, 4) is 33.8 Å². The van der Waals surface area contributed by atoms with Gasteiger partial charge >= 0.3 is 5.97 Å². The molecule has 4 aromatic rings. The van der Waals surface area contributed by atoms with Gasteiger partial charge in [0.1, 0.15) is 5.75 Å². The van der Waals surface area contributed by atoms with Crippen LogP contribution in [0.1, 0.15) is 41.8 Å². The van der Waals surface area contributed by atoms with E-state index in [1.165, 1.54) is 42.5 Å². The molecule has 2 N–H and O–H groups in total. The number of aliphatic hydroxyl groups excluding tert-OH is 1. The normalized spacial score (nSPS) is 11.8. The van der Waals surface area contributed by atoms with Crippen molar-refractivity contribution in [3.05, 3.63) is 107 Å². The van der Waals surface area contributed by atoms with Crippen molar-refractivity contribution in [1.82, 2.24) is 0 Å². The summed E-state index contributed by atoms with van der Waals surface area (Å²) in [7, 11) is 0. The highest BCUT2D eigenvalue weighted by Crippen LogP contribution is 2.32. The predicted molar refractivity (Wildman–Crippen MR) is 130 cm³/mol. The Balaban J connectivity index is 1.53. The second kappa shape index (κ2) is 10.7. The zero-order chi connectivity index (χ0) is 25.8. The Kier molecular flexibility index (Phi) is 7.41. The Morgan fingerprint density at radius 2 is 1.39 bits per heavy atom. The first-order chi connectivity index (χ1) is 17.3. The summed E-state index contributed by atoms with van der Waals surface area (Å²) in [5.74, 6) is -4.40. The number of carbonyl (C=O) groups is 1. The molecule has 4 aromatic carbocycles. The quantitative estimate of drug-likeness (QED) is 0.212. The Hall–Kier alpha value is -4.10. The Bertz CT molecular complexity index is 1380. The summed E-state index contributed by atoms with van der Waals surface area (Å²) in [6.45, 7) is 1.97. The molecule has 0 heterocycles. The number of carbonyl (C=O) groups excluding carboxylic acids is 1. The highest BCUT2D eigenvalue weighted by atomic mass is 19.2. The maximum Gasteiger partial charge on any atom is 0.343 e. The van der Waals surface area contributed by atoms with Crippen LogP contribution in [-0.2, 0) is 0 Å². The second-order valence-electron chi connectivity index (χ2n) is 8.30. The average molecular weight is 492 g/mol. The highest BCUT2D eigenvalue weighted by molar-refractivity contribution is 5.91. The van der Waals surface area contributed by atoms with Gasteiger partial charge in [0.25, 0.3) is 0 Å². The summed E-state index contributed by atoms with van der Waals surface area (Å²) in [6, 6.07) is 18.5. The number of hydrogen-bond donors (Lipinski definition) is 2. The van der Waals surface area contributed by atoms with E-state index in [2.05, 4.69) is 0 Å². The van der Waals surface area contributed by atoms with Crippen molar-refractivity contribution in [2.45, 2.75) is 25.9 Å². The zero-order valence-corrected chi connectivity index (χ0v) is 19.3. The molecule has 0 amide bonds. The van der Waals surface area contributed by atoms with E-state index < -0.39 is 35.3 Å². The van der Waals surface area contributed by atoms with Crippen LogP contribution in [-0.4, -0.2) is 16.2 Å². The summed E-state index contributed by atoms with van der Waals surface area (Å²) >= 11 is 0. The number of esters is 1. The molecule has 1 atom stereocenters. The van der Waals surface area contributed by atoms with E-state index in [0.717, 1.165) is 18.6 Å². The van der Waals surface area contributed by atoms with Gasteiger partial charge in [-0.15, -0.1) is 0 Å². The van der Waals surface area contributed by atoms with E-state index in [1.807, 2.05) is 6.92 Å². The van der Waals surface area contributed by atoms with Crippen LogP contribution in [0.4, 0.5) is 13.2 Å². The fraction of sp³-hybridized carbons (Fsp3) is 0.138. The first kappa shape index (κ1) is 25.0. The smallest absolute Gasteiger partial charge is 0.343 e. The molecule has 0 aliphatic carbocycles. The minimum atomic E-state index is -1.03. The number of rotatable bonds is 7. The van der Waals surface area contributed by atoms with Crippen LogP contribution in [0.15, 0.2) is 78.9 Å². The fourth-order valence-electron chi connectivity index (χ4n) is 3.82. The van der Waals surface area contributed by atoms with Crippen molar-refractivity contribution in [3.63, 3.8) is 0 Å². The third-order valence-corrected chi connectivity index (χ3v) is 5.81. The van der Waals surface area contributed by atoms with Gasteiger partial charge in [0.05, 0.1) is 11.7 Å². The summed E-state index contributed by atoms with van der Waals surface area (Å²) in [6.07, 6.45) is 0.837. The number of ether oxygens (including phenoxy) is 1. The van der Waals surface area contributed by atoms with E-state index in [1.54, 1.807) is 24.3 Å². The van der Waals surface area contributed by atoms with Crippen molar-refractivity contribution in [2.75, 3.05) is 0 Å². The lowest BCUT2D eigenvalue weighted by Gasteiger charge is -2.12. The molecule has 4 nitrogen and oxygen atoms in total. The lowest BCUT2D eigenvalue weighted by Crippen LogP contribution is -2.08. The van der Waals surface area contributed by atoms with Crippen molar-refractivity contribution < 1.29 is 32.9 Å². The van der Waals surface area contributed by atoms with Crippen molar-refractivity contribution in [2.24, 2.45) is 0 Å². The molecule has 0 aliphatic heterocycles. The maximum absolute atomic E-state index is 15.0.